The molecule has 0 spiro atoms. The van der Waals surface area contributed by atoms with Crippen molar-refractivity contribution in [1.82, 2.24) is 0 Å². The van der Waals surface area contributed by atoms with Crippen LogP contribution in [0.4, 0.5) is 0 Å². The third kappa shape index (κ3) is 21.1. The molecule has 7 rings (SSSR count). The molecule has 1 saturated heterocycles. The molecular formula is C63H76O24. The molecule has 24 heteroatoms. The SMILES string of the molecule is COCOc1cc(O)c2c(c1)/C=C/C[C@@H](O)[C@@H](O)C(=O)/C=C\C[C@H](C)OC2=O.COCOc1cc2c(c(OCOC)c1)C(=O)O[C@@H](C)C/C=C\C(=O)[C@@H]1OC(C)(C)O[C@@H]1C/C=C/2.C[C@H]1C/C=C\C(=O)[C@H](O)[C@H](O)C/C=C/c2cc(O)cc(O)c2C(=O)O1. The predicted molar refractivity (Wildman–Crippen MR) is 312 cm³/mol. The normalized spacial score (nSPS) is 26.7. The first kappa shape index (κ1) is 69.7. The van der Waals surface area contributed by atoms with Gasteiger partial charge in [-0.15, -0.1) is 0 Å². The lowest BCUT2D eigenvalue weighted by Crippen LogP contribution is -2.32. The van der Waals surface area contributed by atoms with E-state index in [1.165, 1.54) is 82.1 Å². The Hall–Kier alpha value is -8.04. The summed E-state index contributed by atoms with van der Waals surface area (Å²) in [6.07, 6.45) is 10.1. The molecule has 0 bridgehead atoms. The average molecular weight is 1220 g/mol. The Bertz CT molecular complexity index is 3060. The maximum absolute atomic E-state index is 13.1. The number of ketones is 3. The highest BCUT2D eigenvalue weighted by atomic mass is 16.8. The minimum Gasteiger partial charge on any atom is -0.508 e. The number of aliphatic hydroxyl groups is 4. The van der Waals surface area contributed by atoms with Crippen molar-refractivity contribution >= 4 is 53.5 Å². The van der Waals surface area contributed by atoms with Gasteiger partial charge in [0.05, 0.1) is 18.3 Å². The van der Waals surface area contributed by atoms with E-state index >= 15 is 0 Å². The standard InChI is InChI=1S/C25H32O9.C20H24O8.C18H20O7/c1-16-8-6-10-19(26)23-20(33-25(2,3)34-23)11-7-9-17-12-18(30-14-28-4)13-21(31-15-29-5)22(17)24(27)32-16;1-12-5-3-7-15(21)19(24)16(22)8-4-6-13-9-14(27-11-26-2)10-17(23)18(13)20(25)28-12;1-10-4-2-6-13(20)17(23)14(21)7-3-5-11-8-12(19)9-15(22)16(11)18(24)25-10/h6-7,9-10,12-13,16,20,23H,8,11,14-15H2,1-5H3;3-4,6-7,9-10,12,16,19,22-24H,5,8,11H2,1-2H3;2-3,5-6,8-10,14,17,19,21-23H,4,7H2,1H3/b9-7+,10-6-;6-4+,7-3-;5-3+,6-2-/t16-,20+,23-;12-,16+,19-;10-,14+,17-/m000/s1. The molecule has 4 aliphatic rings. The fraction of sp³-hybridized carbons (Fsp3) is 0.429. The fourth-order valence-electron chi connectivity index (χ4n) is 8.75. The lowest BCUT2D eigenvalue weighted by atomic mass is 10.0. The van der Waals surface area contributed by atoms with Crippen LogP contribution in [-0.2, 0) is 52.3 Å². The Morgan fingerprint density at radius 2 is 0.851 bits per heavy atom. The Morgan fingerprint density at radius 1 is 0.460 bits per heavy atom. The number of phenolic OH excluding ortho intramolecular Hbond substituents is 3. The summed E-state index contributed by atoms with van der Waals surface area (Å²) in [5.41, 5.74) is 1.07. The van der Waals surface area contributed by atoms with Crippen molar-refractivity contribution < 1.29 is 117 Å². The first-order valence-electron chi connectivity index (χ1n) is 27.6. The Labute approximate surface area is 503 Å². The third-order valence-corrected chi connectivity index (χ3v) is 13.0. The van der Waals surface area contributed by atoms with Crippen LogP contribution in [0.15, 0.2) is 91.1 Å². The lowest BCUT2D eigenvalue weighted by Gasteiger charge is -2.18. The van der Waals surface area contributed by atoms with E-state index in [1.54, 1.807) is 58.9 Å². The van der Waals surface area contributed by atoms with Crippen LogP contribution in [0, 0.1) is 0 Å². The fourth-order valence-corrected chi connectivity index (χ4v) is 8.75. The molecule has 87 heavy (non-hydrogen) atoms. The van der Waals surface area contributed by atoms with Gasteiger partial charge >= 0.3 is 17.9 Å². The van der Waals surface area contributed by atoms with Gasteiger partial charge in [-0.2, -0.15) is 0 Å². The number of rotatable bonds is 9. The summed E-state index contributed by atoms with van der Waals surface area (Å²) in [6.45, 7) is 8.44. The van der Waals surface area contributed by atoms with Crippen molar-refractivity contribution in [2.75, 3.05) is 41.7 Å². The van der Waals surface area contributed by atoms with Gasteiger partial charge in [-0.25, -0.2) is 14.4 Å². The van der Waals surface area contributed by atoms with Gasteiger partial charge in [-0.3, -0.25) is 14.4 Å². The van der Waals surface area contributed by atoms with Crippen LogP contribution in [0.25, 0.3) is 18.2 Å². The Kier molecular flexibility index (Phi) is 27.1. The van der Waals surface area contributed by atoms with Crippen LogP contribution in [0.3, 0.4) is 0 Å². The van der Waals surface area contributed by atoms with Crippen LogP contribution < -0.4 is 14.2 Å². The number of phenols is 3. The highest BCUT2D eigenvalue weighted by Gasteiger charge is 2.44. The zero-order valence-corrected chi connectivity index (χ0v) is 49.5. The van der Waals surface area contributed by atoms with Crippen molar-refractivity contribution in [2.24, 2.45) is 0 Å². The number of hydrogen-bond acceptors (Lipinski definition) is 24. The van der Waals surface area contributed by atoms with Crippen molar-refractivity contribution in [1.29, 1.82) is 0 Å². The number of fused-ring (bicyclic) bond motifs is 4. The number of ether oxygens (including phenoxy) is 11. The zero-order valence-electron chi connectivity index (χ0n) is 49.5. The molecule has 0 aliphatic carbocycles. The molecule has 0 saturated carbocycles. The van der Waals surface area contributed by atoms with Crippen LogP contribution in [0.5, 0.6) is 34.5 Å². The Morgan fingerprint density at radius 3 is 1.33 bits per heavy atom. The largest absolute Gasteiger partial charge is 0.508 e. The first-order valence-corrected chi connectivity index (χ1v) is 27.6. The highest BCUT2D eigenvalue weighted by Crippen LogP contribution is 2.36. The van der Waals surface area contributed by atoms with E-state index in [9.17, 15) is 64.5 Å². The number of cyclic esters (lactones) is 3. The summed E-state index contributed by atoms with van der Waals surface area (Å²) < 4.78 is 59.5. The zero-order chi connectivity index (χ0) is 64.0. The third-order valence-electron chi connectivity index (χ3n) is 13.0. The van der Waals surface area contributed by atoms with Gasteiger partial charge < -0.3 is 87.9 Å². The molecule has 9 atom stereocenters. The Balaban J connectivity index is 0.000000241. The van der Waals surface area contributed by atoms with E-state index in [2.05, 4.69) is 0 Å². The quantitative estimate of drug-likeness (QED) is 0.0681. The molecule has 0 aromatic heterocycles. The van der Waals surface area contributed by atoms with Crippen LogP contribution >= 0.6 is 0 Å². The molecular weight excluding hydrogens is 1140 g/mol. The van der Waals surface area contributed by atoms with Gasteiger partial charge in [0, 0.05) is 58.8 Å². The molecule has 0 amide bonds. The number of carbonyl (C=O) groups excluding carboxylic acids is 6. The maximum atomic E-state index is 13.1. The van der Waals surface area contributed by atoms with Crippen molar-refractivity contribution in [3.05, 3.63) is 124 Å². The van der Waals surface area contributed by atoms with E-state index in [0.717, 1.165) is 18.2 Å². The van der Waals surface area contributed by atoms with E-state index in [1.807, 2.05) is 6.08 Å². The molecule has 472 valence electrons. The summed E-state index contributed by atoms with van der Waals surface area (Å²) in [7, 11) is 4.44. The van der Waals surface area contributed by atoms with Gasteiger partial charge in [0.15, 0.2) is 43.5 Å². The summed E-state index contributed by atoms with van der Waals surface area (Å²) in [5.74, 6) is -4.48. The van der Waals surface area contributed by atoms with Gasteiger partial charge in [0.2, 0.25) is 0 Å². The minimum atomic E-state index is -1.57. The monoisotopic (exact) mass is 1220 g/mol. The summed E-state index contributed by atoms with van der Waals surface area (Å²) in [4.78, 5) is 74.4. The average Bonchev–Trinajstić information content (AvgIpc) is 3.39. The molecule has 4 heterocycles. The van der Waals surface area contributed by atoms with Crippen molar-refractivity contribution in [3.8, 4) is 34.5 Å². The summed E-state index contributed by atoms with van der Waals surface area (Å²) in [6, 6.07) is 8.36. The second kappa shape index (κ2) is 33.8. The minimum absolute atomic E-state index is 0.0200. The molecule has 3 aromatic carbocycles. The van der Waals surface area contributed by atoms with Crippen molar-refractivity contribution in [3.63, 3.8) is 0 Å². The van der Waals surface area contributed by atoms with E-state index in [-0.39, 0.29) is 97.1 Å². The smallest absolute Gasteiger partial charge is 0.342 e. The number of esters is 3. The van der Waals surface area contributed by atoms with E-state index in [4.69, 9.17) is 52.1 Å². The summed E-state index contributed by atoms with van der Waals surface area (Å²) >= 11 is 0. The second-order valence-corrected chi connectivity index (χ2v) is 20.7. The molecule has 0 unspecified atom stereocenters. The molecule has 4 aliphatic heterocycles. The highest BCUT2D eigenvalue weighted by molar-refractivity contribution is 5.99. The lowest BCUT2D eigenvalue weighted by molar-refractivity contribution is -0.152. The van der Waals surface area contributed by atoms with Crippen LogP contribution in [0.2, 0.25) is 0 Å². The molecule has 7 N–H and O–H groups in total. The maximum Gasteiger partial charge on any atom is 0.342 e. The number of aliphatic hydroxyl groups excluding tert-OH is 4. The molecule has 24 nitrogen and oxygen atoms in total. The van der Waals surface area contributed by atoms with Gasteiger partial charge in [-0.1, -0.05) is 54.7 Å². The number of hydrogen-bond donors (Lipinski definition) is 7. The predicted octanol–water partition coefficient (Wildman–Crippen LogP) is 6.52. The number of methoxy groups -OCH3 is 3. The number of aromatic hydroxyl groups is 3. The van der Waals surface area contributed by atoms with E-state index < -0.39 is 95.9 Å². The first-order chi connectivity index (χ1) is 41.4. The molecule has 1 fully saturated rings. The number of benzene rings is 3. The summed E-state index contributed by atoms with van der Waals surface area (Å²) in [5, 5.41) is 69.5. The topological polar surface area (TPSA) is 346 Å². The molecule has 0 radical (unpaired) electrons. The van der Waals surface area contributed by atoms with Crippen LogP contribution in [-0.4, -0.2) is 173 Å². The van der Waals surface area contributed by atoms with Gasteiger partial charge in [0.1, 0.15) is 87.8 Å². The molecule has 3 aromatic rings. The second-order valence-electron chi connectivity index (χ2n) is 20.7. The van der Waals surface area contributed by atoms with Gasteiger partial charge in [0.25, 0.3) is 0 Å². The van der Waals surface area contributed by atoms with E-state index in [0.29, 0.717) is 29.7 Å². The van der Waals surface area contributed by atoms with Crippen molar-refractivity contribution in [2.45, 2.75) is 134 Å². The number of carbonyl (C=O) groups is 6. The van der Waals surface area contributed by atoms with Gasteiger partial charge in [-0.05, 0) is 107 Å². The van der Waals surface area contributed by atoms with Crippen LogP contribution in [0.1, 0.15) is 121 Å².